The predicted octanol–water partition coefficient (Wildman–Crippen LogP) is 2.19. The van der Waals surface area contributed by atoms with Gasteiger partial charge in [-0.2, -0.15) is 0 Å². The van der Waals surface area contributed by atoms with E-state index in [4.69, 9.17) is 0 Å². The van der Waals surface area contributed by atoms with E-state index in [9.17, 15) is 4.79 Å². The summed E-state index contributed by atoms with van der Waals surface area (Å²) in [6.45, 7) is 8.72. The monoisotopic (exact) mass is 393 g/mol. The van der Waals surface area contributed by atoms with Gasteiger partial charge in [0.05, 0.1) is 17.3 Å². The van der Waals surface area contributed by atoms with E-state index in [0.717, 1.165) is 49.5 Å². The van der Waals surface area contributed by atoms with Gasteiger partial charge >= 0.3 is 0 Å². The standard InChI is InChI=1S/C21H27N7O/c1-13(2)11-17(20-27-26-18-6-8-22-9-10-28(18)20)25-21(29)16-12-15-5-4-7-23-19(15)24-14(16)3/h4-5,7,12-13,17,22H,6,8-11H2,1-3H3,(H,25,29)/t17-/m0/s1. The van der Waals surface area contributed by atoms with Gasteiger partial charge in [0.25, 0.3) is 5.91 Å². The number of hydrogen-bond donors (Lipinski definition) is 2. The number of hydrogen-bond acceptors (Lipinski definition) is 6. The third-order valence-corrected chi connectivity index (χ3v) is 5.24. The lowest BCUT2D eigenvalue weighted by molar-refractivity contribution is 0.0928. The van der Waals surface area contributed by atoms with E-state index in [1.165, 1.54) is 0 Å². The minimum absolute atomic E-state index is 0.143. The molecule has 1 amide bonds. The average Bonchev–Trinajstić information content (AvgIpc) is 2.94. The van der Waals surface area contributed by atoms with Crippen molar-refractivity contribution in [3.05, 3.63) is 47.3 Å². The van der Waals surface area contributed by atoms with Crippen molar-refractivity contribution < 1.29 is 4.79 Å². The van der Waals surface area contributed by atoms with Gasteiger partial charge in [0.15, 0.2) is 11.5 Å². The smallest absolute Gasteiger partial charge is 0.253 e. The lowest BCUT2D eigenvalue weighted by Crippen LogP contribution is -2.32. The van der Waals surface area contributed by atoms with E-state index < -0.39 is 0 Å². The highest BCUT2D eigenvalue weighted by atomic mass is 16.1. The van der Waals surface area contributed by atoms with Crippen LogP contribution in [-0.2, 0) is 13.0 Å². The molecule has 1 atom stereocenters. The molecule has 29 heavy (non-hydrogen) atoms. The summed E-state index contributed by atoms with van der Waals surface area (Å²) in [5.74, 6) is 2.06. The Morgan fingerprint density at radius 3 is 3.00 bits per heavy atom. The number of carbonyl (C=O) groups is 1. The van der Waals surface area contributed by atoms with E-state index in [-0.39, 0.29) is 11.9 Å². The number of rotatable bonds is 5. The summed E-state index contributed by atoms with van der Waals surface area (Å²) in [5.41, 5.74) is 1.88. The van der Waals surface area contributed by atoms with Crippen LogP contribution in [0, 0.1) is 12.8 Å². The first-order chi connectivity index (χ1) is 14.0. The van der Waals surface area contributed by atoms with Crippen LogP contribution in [0.5, 0.6) is 0 Å². The zero-order chi connectivity index (χ0) is 20.4. The van der Waals surface area contributed by atoms with Gasteiger partial charge in [0.1, 0.15) is 5.82 Å². The molecule has 1 aliphatic rings. The molecular weight excluding hydrogens is 366 g/mol. The number of aromatic nitrogens is 5. The molecule has 152 valence electrons. The lowest BCUT2D eigenvalue weighted by Gasteiger charge is -2.21. The highest BCUT2D eigenvalue weighted by molar-refractivity contribution is 5.98. The van der Waals surface area contributed by atoms with E-state index in [1.54, 1.807) is 6.20 Å². The van der Waals surface area contributed by atoms with Crippen molar-refractivity contribution in [2.24, 2.45) is 5.92 Å². The maximum Gasteiger partial charge on any atom is 0.253 e. The Hall–Kier alpha value is -2.87. The third kappa shape index (κ3) is 4.12. The number of carbonyl (C=O) groups excluding carboxylic acids is 1. The second-order valence-corrected chi connectivity index (χ2v) is 7.95. The SMILES string of the molecule is Cc1nc2ncccc2cc1C(=O)N[C@@H](CC(C)C)c1nnc2n1CCNCC2. The van der Waals surface area contributed by atoms with Crippen LogP contribution in [-0.4, -0.2) is 43.7 Å². The fourth-order valence-electron chi connectivity index (χ4n) is 3.81. The van der Waals surface area contributed by atoms with Crippen LogP contribution in [0.1, 0.15) is 54.0 Å². The minimum Gasteiger partial charge on any atom is -0.342 e. The molecular formula is C21H27N7O. The summed E-state index contributed by atoms with van der Waals surface area (Å²) in [7, 11) is 0. The van der Waals surface area contributed by atoms with Gasteiger partial charge in [0, 0.05) is 37.6 Å². The summed E-state index contributed by atoms with van der Waals surface area (Å²) in [6.07, 6.45) is 3.34. The summed E-state index contributed by atoms with van der Waals surface area (Å²) >= 11 is 0. The molecule has 3 aromatic rings. The largest absolute Gasteiger partial charge is 0.342 e. The van der Waals surface area contributed by atoms with Crippen molar-refractivity contribution in [1.29, 1.82) is 0 Å². The second-order valence-electron chi connectivity index (χ2n) is 7.95. The predicted molar refractivity (Wildman–Crippen MR) is 111 cm³/mol. The van der Waals surface area contributed by atoms with Gasteiger partial charge in [-0.25, -0.2) is 9.97 Å². The zero-order valence-corrected chi connectivity index (χ0v) is 17.1. The second kappa shape index (κ2) is 8.24. The molecule has 0 saturated heterocycles. The first-order valence-corrected chi connectivity index (χ1v) is 10.2. The van der Waals surface area contributed by atoms with Crippen LogP contribution >= 0.6 is 0 Å². The Morgan fingerprint density at radius 1 is 1.31 bits per heavy atom. The fraction of sp³-hybridized carbons (Fsp3) is 0.476. The van der Waals surface area contributed by atoms with E-state index >= 15 is 0 Å². The zero-order valence-electron chi connectivity index (χ0n) is 17.1. The number of aryl methyl sites for hydroxylation is 1. The van der Waals surface area contributed by atoms with Crippen LogP contribution in [0.3, 0.4) is 0 Å². The number of pyridine rings is 2. The molecule has 0 aromatic carbocycles. The van der Waals surface area contributed by atoms with E-state index in [1.807, 2.05) is 25.1 Å². The quantitative estimate of drug-likeness (QED) is 0.690. The van der Waals surface area contributed by atoms with Gasteiger partial charge in [-0.05, 0) is 37.5 Å². The van der Waals surface area contributed by atoms with Gasteiger partial charge in [-0.15, -0.1) is 10.2 Å². The first-order valence-electron chi connectivity index (χ1n) is 10.2. The maximum atomic E-state index is 13.2. The molecule has 0 radical (unpaired) electrons. The van der Waals surface area contributed by atoms with Crippen molar-refractivity contribution in [3.8, 4) is 0 Å². The summed E-state index contributed by atoms with van der Waals surface area (Å²) in [6, 6.07) is 5.43. The Bertz CT molecular complexity index is 1030. The van der Waals surface area contributed by atoms with E-state index in [2.05, 4.69) is 49.2 Å². The van der Waals surface area contributed by atoms with E-state index in [0.29, 0.717) is 22.8 Å². The molecule has 2 N–H and O–H groups in total. The van der Waals surface area contributed by atoms with Crippen LogP contribution in [0.25, 0.3) is 11.0 Å². The van der Waals surface area contributed by atoms with Gasteiger partial charge in [-0.1, -0.05) is 13.8 Å². The van der Waals surface area contributed by atoms with Crippen molar-refractivity contribution >= 4 is 16.9 Å². The summed E-state index contributed by atoms with van der Waals surface area (Å²) in [4.78, 5) is 22.0. The topological polar surface area (TPSA) is 97.6 Å². The molecule has 0 spiro atoms. The molecule has 3 aromatic heterocycles. The maximum absolute atomic E-state index is 13.2. The Labute approximate surface area is 170 Å². The molecule has 8 heteroatoms. The van der Waals surface area contributed by atoms with Gasteiger partial charge in [0.2, 0.25) is 0 Å². The molecule has 0 aliphatic carbocycles. The number of nitrogens with zero attached hydrogens (tertiary/aromatic N) is 5. The normalized spacial score (nSPS) is 15.2. The molecule has 4 heterocycles. The van der Waals surface area contributed by atoms with Crippen LogP contribution in [0.15, 0.2) is 24.4 Å². The Morgan fingerprint density at radius 2 is 2.17 bits per heavy atom. The van der Waals surface area contributed by atoms with Crippen molar-refractivity contribution in [2.75, 3.05) is 13.1 Å². The Kier molecular flexibility index (Phi) is 5.53. The van der Waals surface area contributed by atoms with Crippen molar-refractivity contribution in [2.45, 2.75) is 46.2 Å². The van der Waals surface area contributed by atoms with Gasteiger partial charge < -0.3 is 15.2 Å². The average molecular weight is 393 g/mol. The molecule has 4 rings (SSSR count). The van der Waals surface area contributed by atoms with Crippen molar-refractivity contribution in [1.82, 2.24) is 35.4 Å². The molecule has 0 bridgehead atoms. The number of amides is 1. The Balaban J connectivity index is 1.65. The minimum atomic E-state index is -0.203. The summed E-state index contributed by atoms with van der Waals surface area (Å²) < 4.78 is 2.16. The highest BCUT2D eigenvalue weighted by Crippen LogP contribution is 2.23. The van der Waals surface area contributed by atoms with Crippen LogP contribution < -0.4 is 10.6 Å². The van der Waals surface area contributed by atoms with Crippen LogP contribution in [0.2, 0.25) is 0 Å². The lowest BCUT2D eigenvalue weighted by atomic mass is 10.0. The number of fused-ring (bicyclic) bond motifs is 2. The highest BCUT2D eigenvalue weighted by Gasteiger charge is 2.26. The fourth-order valence-corrected chi connectivity index (χ4v) is 3.81. The number of nitrogens with one attached hydrogen (secondary N) is 2. The molecule has 8 nitrogen and oxygen atoms in total. The van der Waals surface area contributed by atoms with Gasteiger partial charge in [-0.3, -0.25) is 4.79 Å². The summed E-state index contributed by atoms with van der Waals surface area (Å²) in [5, 5.41) is 16.3. The molecule has 0 saturated carbocycles. The molecule has 0 fully saturated rings. The first kappa shape index (κ1) is 19.4. The third-order valence-electron chi connectivity index (χ3n) is 5.24. The van der Waals surface area contributed by atoms with Crippen molar-refractivity contribution in [3.63, 3.8) is 0 Å². The molecule has 1 aliphatic heterocycles. The van der Waals surface area contributed by atoms with Crippen LogP contribution in [0.4, 0.5) is 0 Å². The molecule has 0 unspecified atom stereocenters.